The predicted octanol–water partition coefficient (Wildman–Crippen LogP) is 4.58. The quantitative estimate of drug-likeness (QED) is 0.877. The van der Waals surface area contributed by atoms with Gasteiger partial charge in [-0.2, -0.15) is 0 Å². The maximum Gasteiger partial charge on any atom is 0.137 e. The summed E-state index contributed by atoms with van der Waals surface area (Å²) >= 11 is 3.13. The van der Waals surface area contributed by atoms with Crippen molar-refractivity contribution in [1.82, 2.24) is 0 Å². The van der Waals surface area contributed by atoms with E-state index in [1.807, 2.05) is 24.3 Å². The van der Waals surface area contributed by atoms with E-state index in [-0.39, 0.29) is 11.7 Å². The van der Waals surface area contributed by atoms with E-state index in [4.69, 9.17) is 4.74 Å². The van der Waals surface area contributed by atoms with Crippen LogP contribution in [-0.2, 0) is 0 Å². The number of ether oxygens (including phenoxy) is 1. The van der Waals surface area contributed by atoms with Gasteiger partial charge in [0.15, 0.2) is 0 Å². The van der Waals surface area contributed by atoms with Crippen LogP contribution in [0.1, 0.15) is 36.0 Å². The maximum absolute atomic E-state index is 13.6. The van der Waals surface area contributed by atoms with Crippen LogP contribution in [0.25, 0.3) is 0 Å². The van der Waals surface area contributed by atoms with Gasteiger partial charge >= 0.3 is 0 Å². The highest BCUT2D eigenvalue weighted by molar-refractivity contribution is 9.10. The molecule has 0 aliphatic carbocycles. The molecule has 1 aliphatic heterocycles. The van der Waals surface area contributed by atoms with Crippen LogP contribution in [0.15, 0.2) is 46.9 Å². The van der Waals surface area contributed by atoms with Crippen LogP contribution in [-0.4, -0.2) is 11.7 Å². The molecule has 2 aromatic carbocycles. The number of hydrogen-bond acceptors (Lipinski definition) is 2. The van der Waals surface area contributed by atoms with Gasteiger partial charge in [0.05, 0.1) is 17.2 Å². The second-order valence-electron chi connectivity index (χ2n) is 5.30. The molecule has 1 aliphatic rings. The first kappa shape index (κ1) is 14.5. The normalized spacial score (nSPS) is 18.7. The highest BCUT2D eigenvalue weighted by atomic mass is 79.9. The van der Waals surface area contributed by atoms with Gasteiger partial charge in [-0.15, -0.1) is 0 Å². The second-order valence-corrected chi connectivity index (χ2v) is 6.15. The zero-order valence-electron chi connectivity index (χ0n) is 11.4. The summed E-state index contributed by atoms with van der Waals surface area (Å²) in [5, 5.41) is 10.4. The van der Waals surface area contributed by atoms with Crippen molar-refractivity contribution < 1.29 is 14.2 Å². The molecule has 2 nitrogen and oxygen atoms in total. The molecule has 0 amide bonds. The summed E-state index contributed by atoms with van der Waals surface area (Å²) < 4.78 is 19.6. The fourth-order valence-corrected chi connectivity index (χ4v) is 3.03. The van der Waals surface area contributed by atoms with Crippen molar-refractivity contribution in [2.75, 3.05) is 6.61 Å². The molecule has 1 N–H and O–H groups in total. The monoisotopic (exact) mass is 350 g/mol. The number of benzene rings is 2. The van der Waals surface area contributed by atoms with Crippen LogP contribution in [0.5, 0.6) is 5.75 Å². The highest BCUT2D eigenvalue weighted by Crippen LogP contribution is 2.39. The largest absolute Gasteiger partial charge is 0.493 e. The van der Waals surface area contributed by atoms with Crippen molar-refractivity contribution in [2.24, 2.45) is 0 Å². The van der Waals surface area contributed by atoms with Crippen molar-refractivity contribution in [3.05, 3.63) is 63.9 Å². The first-order valence-electron chi connectivity index (χ1n) is 7.00. The Hall–Kier alpha value is -1.39. The Morgan fingerprint density at radius 2 is 2.10 bits per heavy atom. The van der Waals surface area contributed by atoms with Crippen LogP contribution < -0.4 is 4.74 Å². The summed E-state index contributed by atoms with van der Waals surface area (Å²) in [4.78, 5) is 0. The topological polar surface area (TPSA) is 29.5 Å². The Kier molecular flexibility index (Phi) is 4.27. The molecule has 0 aromatic heterocycles. The van der Waals surface area contributed by atoms with Crippen molar-refractivity contribution >= 4 is 15.9 Å². The first-order valence-corrected chi connectivity index (χ1v) is 7.79. The van der Waals surface area contributed by atoms with Crippen LogP contribution in [0.3, 0.4) is 0 Å². The van der Waals surface area contributed by atoms with Crippen molar-refractivity contribution in [2.45, 2.75) is 24.9 Å². The molecular formula is C17H16BrFO2. The summed E-state index contributed by atoms with van der Waals surface area (Å²) in [7, 11) is 0. The minimum atomic E-state index is -0.677. The number of fused-ring (bicyclic) bond motifs is 1. The lowest BCUT2D eigenvalue weighted by Gasteiger charge is -2.27. The van der Waals surface area contributed by atoms with Crippen molar-refractivity contribution in [3.63, 3.8) is 0 Å². The van der Waals surface area contributed by atoms with Crippen molar-refractivity contribution in [3.8, 4) is 5.75 Å². The molecule has 3 rings (SSSR count). The van der Waals surface area contributed by atoms with Gasteiger partial charge in [0.25, 0.3) is 0 Å². The molecule has 2 atom stereocenters. The fourth-order valence-electron chi connectivity index (χ4n) is 2.79. The average Bonchev–Trinajstić information content (AvgIpc) is 2.50. The predicted molar refractivity (Wildman–Crippen MR) is 83.0 cm³/mol. The third-order valence-electron chi connectivity index (χ3n) is 3.92. The number of aliphatic hydroxyl groups excluding tert-OH is 1. The van der Waals surface area contributed by atoms with E-state index in [1.165, 1.54) is 6.07 Å². The zero-order valence-corrected chi connectivity index (χ0v) is 13.0. The SMILES string of the molecule is OC(CC1CCOc2ccccc21)c1ccc(Br)c(F)c1. The van der Waals surface area contributed by atoms with Crippen LogP contribution in [0.4, 0.5) is 4.39 Å². The van der Waals surface area contributed by atoms with E-state index in [9.17, 15) is 9.50 Å². The van der Waals surface area contributed by atoms with Crippen LogP contribution in [0, 0.1) is 5.82 Å². The number of para-hydroxylation sites is 1. The van der Waals surface area contributed by atoms with Crippen LogP contribution in [0.2, 0.25) is 0 Å². The molecule has 0 bridgehead atoms. The summed E-state index contributed by atoms with van der Waals surface area (Å²) in [5.74, 6) is 0.776. The fraction of sp³-hybridized carbons (Fsp3) is 0.294. The summed E-state index contributed by atoms with van der Waals surface area (Å²) in [6.07, 6.45) is 0.762. The van der Waals surface area contributed by atoms with E-state index in [0.717, 1.165) is 17.7 Å². The summed E-state index contributed by atoms with van der Waals surface area (Å²) in [6, 6.07) is 12.7. The van der Waals surface area contributed by atoms with Gasteiger partial charge in [-0.1, -0.05) is 24.3 Å². The Morgan fingerprint density at radius 1 is 1.29 bits per heavy atom. The standard InChI is InChI=1S/C17H16BrFO2/c18-14-6-5-12(9-15(14)19)16(20)10-11-7-8-21-17-4-2-1-3-13(11)17/h1-6,9,11,16,20H,7-8,10H2. The molecule has 0 fully saturated rings. The molecule has 0 saturated carbocycles. The molecule has 0 spiro atoms. The highest BCUT2D eigenvalue weighted by Gasteiger charge is 2.24. The molecule has 0 radical (unpaired) electrons. The maximum atomic E-state index is 13.6. The van der Waals surface area contributed by atoms with E-state index in [0.29, 0.717) is 23.1 Å². The van der Waals surface area contributed by atoms with E-state index in [2.05, 4.69) is 15.9 Å². The van der Waals surface area contributed by atoms with Crippen LogP contribution >= 0.6 is 15.9 Å². The Morgan fingerprint density at radius 3 is 2.90 bits per heavy atom. The van der Waals surface area contributed by atoms with E-state index >= 15 is 0 Å². The molecule has 2 aromatic rings. The van der Waals surface area contributed by atoms with Gasteiger partial charge in [-0.3, -0.25) is 0 Å². The lowest BCUT2D eigenvalue weighted by atomic mass is 9.86. The lowest BCUT2D eigenvalue weighted by molar-refractivity contribution is 0.144. The Balaban J connectivity index is 1.79. The van der Waals surface area contributed by atoms with Crippen molar-refractivity contribution in [1.29, 1.82) is 0 Å². The summed E-state index contributed by atoms with van der Waals surface area (Å²) in [5.41, 5.74) is 1.74. The first-order chi connectivity index (χ1) is 10.1. The third kappa shape index (κ3) is 3.11. The van der Waals surface area contributed by atoms with Gasteiger partial charge < -0.3 is 9.84 Å². The number of rotatable bonds is 3. The lowest BCUT2D eigenvalue weighted by Crippen LogP contribution is -2.16. The number of halogens is 2. The molecule has 0 saturated heterocycles. The summed E-state index contributed by atoms with van der Waals surface area (Å²) in [6.45, 7) is 0.656. The van der Waals surface area contributed by atoms with Gasteiger partial charge in [-0.25, -0.2) is 4.39 Å². The molecule has 21 heavy (non-hydrogen) atoms. The molecule has 1 heterocycles. The van der Waals surface area contributed by atoms with E-state index in [1.54, 1.807) is 12.1 Å². The minimum Gasteiger partial charge on any atom is -0.493 e. The Bertz CT molecular complexity index is 644. The molecular weight excluding hydrogens is 335 g/mol. The number of aliphatic hydroxyl groups is 1. The van der Waals surface area contributed by atoms with Gasteiger partial charge in [0.2, 0.25) is 0 Å². The minimum absolute atomic E-state index is 0.233. The van der Waals surface area contributed by atoms with Gasteiger partial charge in [0.1, 0.15) is 11.6 Å². The molecule has 2 unspecified atom stereocenters. The van der Waals surface area contributed by atoms with Gasteiger partial charge in [0, 0.05) is 0 Å². The second kappa shape index (κ2) is 6.16. The number of hydrogen-bond donors (Lipinski definition) is 1. The van der Waals surface area contributed by atoms with Gasteiger partial charge in [-0.05, 0) is 64.0 Å². The molecule has 4 heteroatoms. The zero-order chi connectivity index (χ0) is 14.8. The smallest absolute Gasteiger partial charge is 0.137 e. The Labute approximate surface area is 131 Å². The molecule has 110 valence electrons. The third-order valence-corrected chi connectivity index (χ3v) is 4.56. The average molecular weight is 351 g/mol. The van der Waals surface area contributed by atoms with E-state index < -0.39 is 6.10 Å².